The van der Waals surface area contributed by atoms with Crippen LogP contribution in [0.3, 0.4) is 0 Å². The Kier molecular flexibility index (Phi) is 3.87. The number of aryl methyl sites for hydroxylation is 1. The molecule has 1 fully saturated rings. The molecule has 0 radical (unpaired) electrons. The minimum atomic E-state index is -0.404. The summed E-state index contributed by atoms with van der Waals surface area (Å²) in [6.45, 7) is 3.77. The molecule has 0 spiro atoms. The highest BCUT2D eigenvalue weighted by Crippen LogP contribution is 2.33. The first-order chi connectivity index (χ1) is 13.1. The van der Waals surface area contributed by atoms with Crippen LogP contribution in [0, 0.1) is 12.7 Å². The van der Waals surface area contributed by atoms with Crippen molar-refractivity contribution >= 4 is 22.9 Å². The fraction of sp³-hybridized carbons (Fsp3) is 0.316. The predicted molar refractivity (Wildman–Crippen MR) is 102 cm³/mol. The monoisotopic (exact) mass is 384 g/mol. The first-order valence-electron chi connectivity index (χ1n) is 9.01. The third kappa shape index (κ3) is 2.78. The maximum absolute atomic E-state index is 14.8. The Morgan fingerprint density at radius 3 is 2.81 bits per heavy atom. The van der Waals surface area contributed by atoms with Crippen molar-refractivity contribution in [1.29, 1.82) is 0 Å². The second-order valence-corrected chi connectivity index (χ2v) is 7.34. The van der Waals surface area contributed by atoms with Crippen molar-refractivity contribution in [2.75, 3.05) is 13.1 Å². The number of hydrogen-bond acceptors (Lipinski definition) is 4. The molecule has 138 valence electrons. The fourth-order valence-corrected chi connectivity index (χ4v) is 4.07. The van der Waals surface area contributed by atoms with Crippen molar-refractivity contribution < 1.29 is 4.39 Å². The summed E-state index contributed by atoms with van der Waals surface area (Å²) in [5.41, 5.74) is 3.97. The number of pyridine rings is 1. The summed E-state index contributed by atoms with van der Waals surface area (Å²) >= 11 is 6.60. The molecule has 0 unspecified atom stereocenters. The standard InChI is InChI=1S/C19H18ClFN6/c1-11-9-27-16(23-11)3-2-15(25-27)13-8-14(21)19-24-17(18(20)26(19)10-13)12-4-6-22-7-5-12/h2-3,8-10,12,22H,4-7H2,1H3. The lowest BCUT2D eigenvalue weighted by atomic mass is 9.95. The molecule has 0 bridgehead atoms. The van der Waals surface area contributed by atoms with E-state index in [2.05, 4.69) is 20.4 Å². The minimum absolute atomic E-state index is 0.255. The third-order valence-electron chi connectivity index (χ3n) is 5.10. The summed E-state index contributed by atoms with van der Waals surface area (Å²) in [5.74, 6) is -0.150. The molecule has 0 atom stereocenters. The Labute approximate surface area is 160 Å². The molecule has 1 aliphatic heterocycles. The largest absolute Gasteiger partial charge is 0.317 e. The average Bonchev–Trinajstić information content (AvgIpc) is 3.21. The number of aromatic nitrogens is 5. The molecule has 1 saturated heterocycles. The second-order valence-electron chi connectivity index (χ2n) is 6.99. The molecule has 4 aromatic rings. The van der Waals surface area contributed by atoms with Gasteiger partial charge in [0.05, 0.1) is 23.3 Å². The minimum Gasteiger partial charge on any atom is -0.317 e. The molecule has 0 aromatic carbocycles. The summed E-state index contributed by atoms with van der Waals surface area (Å²) in [4.78, 5) is 8.89. The average molecular weight is 385 g/mol. The Hall–Kier alpha value is -2.51. The van der Waals surface area contributed by atoms with E-state index in [4.69, 9.17) is 11.6 Å². The first kappa shape index (κ1) is 16.6. The van der Waals surface area contributed by atoms with Gasteiger partial charge in [0.25, 0.3) is 0 Å². The van der Waals surface area contributed by atoms with E-state index >= 15 is 0 Å². The van der Waals surface area contributed by atoms with Gasteiger partial charge in [-0.3, -0.25) is 4.40 Å². The van der Waals surface area contributed by atoms with Gasteiger partial charge in [-0.2, -0.15) is 5.10 Å². The van der Waals surface area contributed by atoms with Gasteiger partial charge in [0, 0.05) is 17.7 Å². The molecule has 5 rings (SSSR count). The van der Waals surface area contributed by atoms with Crippen LogP contribution in [0.25, 0.3) is 22.6 Å². The van der Waals surface area contributed by atoms with Gasteiger partial charge in [-0.05, 0) is 51.1 Å². The van der Waals surface area contributed by atoms with Gasteiger partial charge in [-0.15, -0.1) is 0 Å². The molecule has 8 heteroatoms. The molecule has 6 nitrogen and oxygen atoms in total. The molecule has 1 N–H and O–H groups in total. The van der Waals surface area contributed by atoms with Gasteiger partial charge >= 0.3 is 0 Å². The third-order valence-corrected chi connectivity index (χ3v) is 5.48. The van der Waals surface area contributed by atoms with Crippen LogP contribution >= 0.6 is 11.6 Å². The van der Waals surface area contributed by atoms with E-state index in [9.17, 15) is 4.39 Å². The first-order valence-corrected chi connectivity index (χ1v) is 9.39. The zero-order chi connectivity index (χ0) is 18.5. The molecule has 4 aromatic heterocycles. The van der Waals surface area contributed by atoms with Crippen molar-refractivity contribution in [3.8, 4) is 11.3 Å². The molecular formula is C19H18ClFN6. The lowest BCUT2D eigenvalue weighted by Crippen LogP contribution is -2.26. The van der Waals surface area contributed by atoms with E-state index in [0.29, 0.717) is 16.4 Å². The van der Waals surface area contributed by atoms with Crippen molar-refractivity contribution in [1.82, 2.24) is 29.3 Å². The van der Waals surface area contributed by atoms with E-state index in [-0.39, 0.29) is 11.6 Å². The van der Waals surface area contributed by atoms with Gasteiger partial charge < -0.3 is 5.32 Å². The number of fused-ring (bicyclic) bond motifs is 2. The van der Waals surface area contributed by atoms with E-state index in [1.165, 1.54) is 6.07 Å². The number of rotatable bonds is 2. The number of imidazole rings is 2. The van der Waals surface area contributed by atoms with Crippen LogP contribution in [0.5, 0.6) is 0 Å². The lowest BCUT2D eigenvalue weighted by Gasteiger charge is -2.21. The second kappa shape index (κ2) is 6.28. The van der Waals surface area contributed by atoms with E-state index in [0.717, 1.165) is 43.0 Å². The van der Waals surface area contributed by atoms with Crippen molar-refractivity contribution in [2.45, 2.75) is 25.7 Å². The quantitative estimate of drug-likeness (QED) is 0.573. The topological polar surface area (TPSA) is 59.5 Å². The smallest absolute Gasteiger partial charge is 0.174 e. The Balaban J connectivity index is 1.63. The molecule has 0 saturated carbocycles. The highest BCUT2D eigenvalue weighted by Gasteiger charge is 2.24. The number of piperidine rings is 1. The molecule has 5 heterocycles. The Morgan fingerprint density at radius 2 is 2.00 bits per heavy atom. The molecule has 1 aliphatic rings. The number of hydrogen-bond donors (Lipinski definition) is 1. The van der Waals surface area contributed by atoms with Gasteiger partial charge in [0.2, 0.25) is 0 Å². The van der Waals surface area contributed by atoms with Crippen LogP contribution in [-0.4, -0.2) is 37.1 Å². The van der Waals surface area contributed by atoms with Crippen LogP contribution in [0.2, 0.25) is 5.15 Å². The highest BCUT2D eigenvalue weighted by molar-refractivity contribution is 6.30. The van der Waals surface area contributed by atoms with Crippen molar-refractivity contribution in [2.24, 2.45) is 0 Å². The van der Waals surface area contributed by atoms with Crippen LogP contribution in [0.4, 0.5) is 4.39 Å². The Morgan fingerprint density at radius 1 is 1.19 bits per heavy atom. The summed E-state index contributed by atoms with van der Waals surface area (Å²) < 4.78 is 18.1. The molecule has 0 amide bonds. The van der Waals surface area contributed by atoms with Crippen LogP contribution in [-0.2, 0) is 0 Å². The van der Waals surface area contributed by atoms with Gasteiger partial charge in [-0.25, -0.2) is 18.9 Å². The summed E-state index contributed by atoms with van der Waals surface area (Å²) in [5, 5.41) is 8.36. The van der Waals surface area contributed by atoms with Gasteiger partial charge in [0.15, 0.2) is 17.1 Å². The van der Waals surface area contributed by atoms with Crippen LogP contribution in [0.1, 0.15) is 30.1 Å². The zero-order valence-corrected chi connectivity index (χ0v) is 15.5. The molecule has 0 aliphatic carbocycles. The van der Waals surface area contributed by atoms with Crippen LogP contribution in [0.15, 0.2) is 30.6 Å². The highest BCUT2D eigenvalue weighted by atomic mass is 35.5. The predicted octanol–water partition coefficient (Wildman–Crippen LogP) is 3.61. The van der Waals surface area contributed by atoms with E-state index < -0.39 is 5.82 Å². The molecular weight excluding hydrogens is 367 g/mol. The normalized spacial score (nSPS) is 15.8. The van der Waals surface area contributed by atoms with Gasteiger partial charge in [-0.1, -0.05) is 11.6 Å². The maximum Gasteiger partial charge on any atom is 0.174 e. The van der Waals surface area contributed by atoms with Crippen LogP contribution < -0.4 is 5.32 Å². The zero-order valence-electron chi connectivity index (χ0n) is 14.8. The van der Waals surface area contributed by atoms with Crippen molar-refractivity contribution in [3.63, 3.8) is 0 Å². The van der Waals surface area contributed by atoms with E-state index in [1.54, 1.807) is 15.1 Å². The molecule has 27 heavy (non-hydrogen) atoms. The Bertz CT molecular complexity index is 1160. The summed E-state index contributed by atoms with van der Waals surface area (Å²) in [6.07, 6.45) is 5.55. The van der Waals surface area contributed by atoms with Gasteiger partial charge in [0.1, 0.15) is 5.15 Å². The SMILES string of the molecule is Cc1cn2nc(-c3cc(F)c4nc(C5CCNCC5)c(Cl)n4c3)ccc2n1. The van der Waals surface area contributed by atoms with E-state index in [1.807, 2.05) is 25.3 Å². The maximum atomic E-state index is 14.8. The number of halogens is 2. The van der Waals surface area contributed by atoms with Crippen molar-refractivity contribution in [3.05, 3.63) is 53.0 Å². The summed E-state index contributed by atoms with van der Waals surface area (Å²) in [6, 6.07) is 5.16. The number of nitrogens with zero attached hydrogens (tertiary/aromatic N) is 5. The summed E-state index contributed by atoms with van der Waals surface area (Å²) in [7, 11) is 0. The number of nitrogens with one attached hydrogen (secondary N) is 1. The lowest BCUT2D eigenvalue weighted by molar-refractivity contribution is 0.454. The fourth-order valence-electron chi connectivity index (χ4n) is 3.74.